The molecule has 0 amide bonds. The van der Waals surface area contributed by atoms with Crippen LogP contribution in [0.1, 0.15) is 128 Å². The summed E-state index contributed by atoms with van der Waals surface area (Å²) >= 11 is 0. The molecule has 0 spiro atoms. The van der Waals surface area contributed by atoms with Gasteiger partial charge in [-0.25, -0.2) is 0 Å². The maximum absolute atomic E-state index is 2.32. The van der Waals surface area contributed by atoms with E-state index in [1.165, 1.54) is 138 Å². The van der Waals surface area contributed by atoms with Crippen LogP contribution >= 0.6 is 0 Å². The highest BCUT2D eigenvalue weighted by Gasteiger charge is 2.00. The molecule has 2 aromatic rings. The van der Waals surface area contributed by atoms with E-state index in [1.54, 1.807) is 0 Å². The maximum Gasteiger partial charge on any atom is -0.0152 e. The lowest BCUT2D eigenvalue weighted by Crippen LogP contribution is -1.88. The highest BCUT2D eigenvalue weighted by Crippen LogP contribution is 2.21. The van der Waals surface area contributed by atoms with Gasteiger partial charge in [0.1, 0.15) is 0 Å². The molecule has 0 heterocycles. The fourth-order valence-corrected chi connectivity index (χ4v) is 4.73. The van der Waals surface area contributed by atoms with Crippen molar-refractivity contribution in [2.75, 3.05) is 0 Å². The normalized spacial score (nSPS) is 11.4. The average molecular weight is 409 g/mol. The molecule has 0 aliphatic heterocycles. The summed E-state index contributed by atoms with van der Waals surface area (Å²) in [6, 6.07) is 15.6. The highest BCUT2D eigenvalue weighted by atomic mass is 14.1. The van der Waals surface area contributed by atoms with Crippen molar-refractivity contribution in [3.63, 3.8) is 0 Å². The van der Waals surface area contributed by atoms with Crippen LogP contribution < -0.4 is 0 Å². The van der Waals surface area contributed by atoms with Crippen molar-refractivity contribution >= 4 is 10.8 Å². The standard InChI is InChI=1S/C30H48/c1-2-3-4-5-6-7-8-9-10-11-12-13-14-15-16-17-18-19-23-28-25-22-26-29-24-20-21-27-30(28)29/h20-22,24-27H,2-19,23H2,1H3. The summed E-state index contributed by atoms with van der Waals surface area (Å²) < 4.78 is 0. The molecule has 0 unspecified atom stereocenters. The Morgan fingerprint density at radius 3 is 1.40 bits per heavy atom. The first-order chi connectivity index (χ1) is 14.9. The lowest BCUT2D eigenvalue weighted by Gasteiger charge is -2.07. The van der Waals surface area contributed by atoms with Crippen LogP contribution in [0, 0.1) is 0 Å². The van der Waals surface area contributed by atoms with E-state index >= 15 is 0 Å². The fraction of sp³-hybridized carbons (Fsp3) is 0.667. The third-order valence-electron chi connectivity index (χ3n) is 6.68. The Morgan fingerprint density at radius 1 is 0.433 bits per heavy atom. The monoisotopic (exact) mass is 408 g/mol. The van der Waals surface area contributed by atoms with Gasteiger partial charge in [-0.05, 0) is 29.2 Å². The molecule has 0 saturated heterocycles. The number of aryl methyl sites for hydroxylation is 1. The van der Waals surface area contributed by atoms with E-state index in [-0.39, 0.29) is 0 Å². The summed E-state index contributed by atoms with van der Waals surface area (Å²) in [6.07, 6.45) is 27.3. The first kappa shape index (κ1) is 25.0. The molecular formula is C30H48. The fourth-order valence-electron chi connectivity index (χ4n) is 4.73. The Bertz CT molecular complexity index is 636. The molecule has 2 aromatic carbocycles. The van der Waals surface area contributed by atoms with E-state index < -0.39 is 0 Å². The van der Waals surface area contributed by atoms with Crippen LogP contribution in [0.5, 0.6) is 0 Å². The topological polar surface area (TPSA) is 0 Å². The first-order valence-corrected chi connectivity index (χ1v) is 13.4. The molecule has 0 bridgehead atoms. The minimum absolute atomic E-state index is 1.24. The number of rotatable bonds is 19. The van der Waals surface area contributed by atoms with Crippen molar-refractivity contribution in [3.05, 3.63) is 48.0 Å². The molecule has 168 valence electrons. The Kier molecular flexibility index (Phi) is 14.5. The van der Waals surface area contributed by atoms with Gasteiger partial charge < -0.3 is 0 Å². The average Bonchev–Trinajstić information content (AvgIpc) is 2.78. The van der Waals surface area contributed by atoms with Gasteiger partial charge in [0.15, 0.2) is 0 Å². The zero-order valence-corrected chi connectivity index (χ0v) is 20.0. The number of unbranched alkanes of at least 4 members (excludes halogenated alkanes) is 17. The summed E-state index contributed by atoms with van der Waals surface area (Å²) in [4.78, 5) is 0. The third-order valence-corrected chi connectivity index (χ3v) is 6.68. The molecule has 0 atom stereocenters. The summed E-state index contributed by atoms with van der Waals surface area (Å²) in [5.41, 5.74) is 1.53. The van der Waals surface area contributed by atoms with Crippen LogP contribution in [0.15, 0.2) is 42.5 Å². The van der Waals surface area contributed by atoms with E-state index in [1.807, 2.05) is 0 Å². The van der Waals surface area contributed by atoms with Crippen molar-refractivity contribution in [1.82, 2.24) is 0 Å². The molecular weight excluding hydrogens is 360 g/mol. The molecule has 0 aliphatic carbocycles. The van der Waals surface area contributed by atoms with E-state index in [4.69, 9.17) is 0 Å². The number of hydrogen-bond donors (Lipinski definition) is 0. The molecule has 0 heteroatoms. The zero-order valence-electron chi connectivity index (χ0n) is 20.0. The van der Waals surface area contributed by atoms with E-state index in [0.29, 0.717) is 0 Å². The van der Waals surface area contributed by atoms with E-state index in [2.05, 4.69) is 49.4 Å². The van der Waals surface area contributed by atoms with Crippen molar-refractivity contribution in [1.29, 1.82) is 0 Å². The van der Waals surface area contributed by atoms with Gasteiger partial charge in [0.05, 0.1) is 0 Å². The molecule has 0 aliphatic rings. The lowest BCUT2D eigenvalue weighted by molar-refractivity contribution is 0.525. The van der Waals surface area contributed by atoms with Crippen LogP contribution in [0.3, 0.4) is 0 Å². The van der Waals surface area contributed by atoms with Gasteiger partial charge in [0.25, 0.3) is 0 Å². The summed E-state index contributed by atoms with van der Waals surface area (Å²) in [7, 11) is 0. The largest absolute Gasteiger partial charge is 0.0654 e. The Labute approximate surface area is 187 Å². The van der Waals surface area contributed by atoms with Crippen LogP contribution in [-0.2, 0) is 6.42 Å². The molecule has 30 heavy (non-hydrogen) atoms. The Morgan fingerprint density at radius 2 is 0.867 bits per heavy atom. The third kappa shape index (κ3) is 11.2. The second-order valence-corrected chi connectivity index (χ2v) is 9.40. The van der Waals surface area contributed by atoms with Gasteiger partial charge in [-0.2, -0.15) is 0 Å². The minimum Gasteiger partial charge on any atom is -0.0654 e. The van der Waals surface area contributed by atoms with Crippen molar-refractivity contribution in [2.24, 2.45) is 0 Å². The van der Waals surface area contributed by atoms with Gasteiger partial charge in [0.2, 0.25) is 0 Å². The van der Waals surface area contributed by atoms with Gasteiger partial charge >= 0.3 is 0 Å². The molecule has 0 nitrogen and oxygen atoms in total. The van der Waals surface area contributed by atoms with Crippen molar-refractivity contribution in [3.8, 4) is 0 Å². The van der Waals surface area contributed by atoms with E-state index in [9.17, 15) is 0 Å². The highest BCUT2D eigenvalue weighted by molar-refractivity contribution is 5.85. The molecule has 0 N–H and O–H groups in total. The predicted octanol–water partition coefficient (Wildman–Crippen LogP) is 10.4. The summed E-state index contributed by atoms with van der Waals surface area (Å²) in [6.45, 7) is 2.30. The van der Waals surface area contributed by atoms with Gasteiger partial charge in [-0.1, -0.05) is 159 Å². The van der Waals surface area contributed by atoms with Gasteiger partial charge in [-0.3, -0.25) is 0 Å². The molecule has 2 rings (SSSR count). The van der Waals surface area contributed by atoms with Crippen LogP contribution in [0.2, 0.25) is 0 Å². The quantitative estimate of drug-likeness (QED) is 0.203. The summed E-state index contributed by atoms with van der Waals surface area (Å²) in [5.74, 6) is 0. The predicted molar refractivity (Wildman–Crippen MR) is 136 cm³/mol. The molecule has 0 fully saturated rings. The molecule has 0 radical (unpaired) electrons. The van der Waals surface area contributed by atoms with Crippen LogP contribution in [-0.4, -0.2) is 0 Å². The smallest absolute Gasteiger partial charge is 0.0152 e. The van der Waals surface area contributed by atoms with Gasteiger partial charge in [-0.15, -0.1) is 0 Å². The SMILES string of the molecule is CCCCCCCCCCCCCCCCCCCCc1cccc2ccccc12. The second-order valence-electron chi connectivity index (χ2n) is 9.40. The van der Waals surface area contributed by atoms with Crippen molar-refractivity contribution < 1.29 is 0 Å². The summed E-state index contributed by atoms with van der Waals surface area (Å²) in [5, 5.41) is 2.84. The van der Waals surface area contributed by atoms with Gasteiger partial charge in [0, 0.05) is 0 Å². The molecule has 0 saturated carbocycles. The van der Waals surface area contributed by atoms with Crippen LogP contribution in [0.25, 0.3) is 10.8 Å². The molecule has 0 aromatic heterocycles. The van der Waals surface area contributed by atoms with E-state index in [0.717, 1.165) is 0 Å². The van der Waals surface area contributed by atoms with Crippen molar-refractivity contribution in [2.45, 2.75) is 129 Å². The lowest BCUT2D eigenvalue weighted by atomic mass is 9.99. The minimum atomic E-state index is 1.24. The second kappa shape index (κ2) is 17.4. The van der Waals surface area contributed by atoms with Crippen LogP contribution in [0.4, 0.5) is 0 Å². The number of hydrogen-bond acceptors (Lipinski definition) is 0. The number of fused-ring (bicyclic) bond motifs is 1. The number of benzene rings is 2. The maximum atomic E-state index is 2.32. The first-order valence-electron chi connectivity index (χ1n) is 13.4. The Hall–Kier alpha value is -1.30. The zero-order chi connectivity index (χ0) is 21.1. The Balaban J connectivity index is 1.33.